The van der Waals surface area contributed by atoms with Crippen LogP contribution in [-0.2, 0) is 13.0 Å². The molecule has 0 saturated carbocycles. The van der Waals surface area contributed by atoms with Gasteiger partial charge >= 0.3 is 0 Å². The number of allylic oxidation sites excluding steroid dienone is 1. The van der Waals surface area contributed by atoms with Crippen LogP contribution in [0, 0.1) is 0 Å². The van der Waals surface area contributed by atoms with Crippen LogP contribution in [0.5, 0.6) is 0 Å². The molecule has 2 heterocycles. The molecule has 2 heteroatoms. The smallest absolute Gasteiger partial charge is 0.0680 e. The van der Waals surface area contributed by atoms with Gasteiger partial charge in [-0.1, -0.05) is 24.3 Å². The Hall–Kier alpha value is -2.09. The first-order valence-corrected chi connectivity index (χ1v) is 6.43. The average Bonchev–Trinajstić information content (AvgIpc) is 2.65. The zero-order valence-corrected chi connectivity index (χ0v) is 10.1. The predicted octanol–water partition coefficient (Wildman–Crippen LogP) is 3.56. The van der Waals surface area contributed by atoms with Gasteiger partial charge in [-0.2, -0.15) is 0 Å². The molecule has 88 valence electrons. The van der Waals surface area contributed by atoms with Crippen molar-refractivity contribution in [2.24, 2.45) is 4.99 Å². The molecule has 0 atom stereocenters. The number of aryl methyl sites for hydroxylation is 1. The summed E-state index contributed by atoms with van der Waals surface area (Å²) in [6.07, 6.45) is 8.83. The van der Waals surface area contributed by atoms with E-state index in [9.17, 15) is 0 Å². The number of nitrogens with zero attached hydrogens (tertiary/aromatic N) is 2. The number of fused-ring (bicyclic) bond motifs is 4. The molecular formula is C16H14N2. The molecule has 2 aliphatic rings. The van der Waals surface area contributed by atoms with Crippen molar-refractivity contribution in [3.05, 3.63) is 58.9 Å². The van der Waals surface area contributed by atoms with Gasteiger partial charge in [0.15, 0.2) is 0 Å². The molecule has 0 bridgehead atoms. The van der Waals surface area contributed by atoms with E-state index in [-0.39, 0.29) is 0 Å². The monoisotopic (exact) mass is 234 g/mol. The van der Waals surface area contributed by atoms with Gasteiger partial charge in [-0.3, -0.25) is 4.99 Å². The summed E-state index contributed by atoms with van der Waals surface area (Å²) in [5, 5.41) is 0. The van der Waals surface area contributed by atoms with Crippen molar-refractivity contribution in [3.8, 4) is 0 Å². The second-order valence-corrected chi connectivity index (χ2v) is 4.89. The minimum absolute atomic E-state index is 0.922. The highest BCUT2D eigenvalue weighted by Crippen LogP contribution is 2.29. The molecule has 0 radical (unpaired) electrons. The van der Waals surface area contributed by atoms with Crippen LogP contribution in [0.25, 0.3) is 6.08 Å². The summed E-state index contributed by atoms with van der Waals surface area (Å²) in [5.74, 6) is 0. The van der Waals surface area contributed by atoms with E-state index in [4.69, 9.17) is 0 Å². The van der Waals surface area contributed by atoms with Crippen LogP contribution >= 0.6 is 0 Å². The molecule has 1 aliphatic heterocycles. The Morgan fingerprint density at radius 3 is 3.06 bits per heavy atom. The largest absolute Gasteiger partial charge is 0.335 e. The van der Waals surface area contributed by atoms with Crippen LogP contribution in [0.4, 0.5) is 5.69 Å². The van der Waals surface area contributed by atoms with Gasteiger partial charge in [0.1, 0.15) is 0 Å². The SMILES string of the molecule is C1=Cc2c(cc3n2Cc2ccccc2N=C3)CC1. The standard InChI is InChI=1S/C16H14N2/c1-3-7-15-13(6-1)11-18-14(10-17-15)9-12-5-2-4-8-16(12)18/h1,3-4,6-10H,2,5,11H2. The van der Waals surface area contributed by atoms with Crippen molar-refractivity contribution in [3.63, 3.8) is 0 Å². The molecule has 1 aliphatic carbocycles. The topological polar surface area (TPSA) is 17.3 Å². The van der Waals surface area contributed by atoms with E-state index in [1.54, 1.807) is 0 Å². The van der Waals surface area contributed by atoms with Gasteiger partial charge in [-0.05, 0) is 42.2 Å². The number of benzene rings is 1. The lowest BCUT2D eigenvalue weighted by Gasteiger charge is -2.12. The fourth-order valence-electron chi connectivity index (χ4n) is 2.83. The van der Waals surface area contributed by atoms with Crippen LogP contribution in [-0.4, -0.2) is 10.8 Å². The minimum atomic E-state index is 0.922. The summed E-state index contributed by atoms with van der Waals surface area (Å²) in [7, 11) is 0. The molecule has 1 aromatic carbocycles. The Bertz CT molecular complexity index is 674. The van der Waals surface area contributed by atoms with Gasteiger partial charge in [0, 0.05) is 5.69 Å². The number of para-hydroxylation sites is 1. The molecule has 2 nitrogen and oxygen atoms in total. The van der Waals surface area contributed by atoms with E-state index in [2.05, 4.69) is 46.0 Å². The maximum Gasteiger partial charge on any atom is 0.0680 e. The predicted molar refractivity (Wildman–Crippen MR) is 74.6 cm³/mol. The van der Waals surface area contributed by atoms with Crippen molar-refractivity contribution in [1.29, 1.82) is 0 Å². The molecule has 0 unspecified atom stereocenters. The maximum atomic E-state index is 4.60. The Labute approximate surface area is 106 Å². The van der Waals surface area contributed by atoms with Crippen LogP contribution in [0.3, 0.4) is 0 Å². The Morgan fingerprint density at radius 2 is 2.06 bits per heavy atom. The Balaban J connectivity index is 1.92. The van der Waals surface area contributed by atoms with Crippen molar-refractivity contribution in [2.45, 2.75) is 19.4 Å². The number of rotatable bonds is 0. The molecule has 1 aromatic heterocycles. The fourth-order valence-corrected chi connectivity index (χ4v) is 2.83. The van der Waals surface area contributed by atoms with Crippen molar-refractivity contribution >= 4 is 18.0 Å². The van der Waals surface area contributed by atoms with Gasteiger partial charge < -0.3 is 4.57 Å². The van der Waals surface area contributed by atoms with Gasteiger partial charge in [0.05, 0.1) is 24.1 Å². The number of hydrogen-bond acceptors (Lipinski definition) is 1. The normalized spacial score (nSPS) is 15.8. The molecule has 0 amide bonds. The van der Waals surface area contributed by atoms with E-state index in [1.807, 2.05) is 12.3 Å². The van der Waals surface area contributed by atoms with Crippen molar-refractivity contribution in [1.82, 2.24) is 4.57 Å². The van der Waals surface area contributed by atoms with E-state index in [0.29, 0.717) is 0 Å². The van der Waals surface area contributed by atoms with Gasteiger partial charge in [0.25, 0.3) is 0 Å². The summed E-state index contributed by atoms with van der Waals surface area (Å²) in [6.45, 7) is 0.922. The summed E-state index contributed by atoms with van der Waals surface area (Å²) in [4.78, 5) is 4.60. The highest BCUT2D eigenvalue weighted by Gasteiger charge is 2.17. The van der Waals surface area contributed by atoms with Crippen LogP contribution in [0.2, 0.25) is 0 Å². The minimum Gasteiger partial charge on any atom is -0.335 e. The molecule has 0 spiro atoms. The summed E-state index contributed by atoms with van der Waals surface area (Å²) in [5.41, 5.74) is 6.43. The van der Waals surface area contributed by atoms with E-state index < -0.39 is 0 Å². The lowest BCUT2D eigenvalue weighted by Crippen LogP contribution is -2.05. The lowest BCUT2D eigenvalue weighted by atomic mass is 10.0. The van der Waals surface area contributed by atoms with Gasteiger partial charge in [-0.25, -0.2) is 0 Å². The molecule has 4 rings (SSSR count). The van der Waals surface area contributed by atoms with E-state index in [0.717, 1.165) is 25.1 Å². The van der Waals surface area contributed by atoms with Crippen LogP contribution in [0.1, 0.15) is 28.9 Å². The summed E-state index contributed by atoms with van der Waals surface area (Å²) >= 11 is 0. The summed E-state index contributed by atoms with van der Waals surface area (Å²) in [6, 6.07) is 10.7. The maximum absolute atomic E-state index is 4.60. The molecule has 18 heavy (non-hydrogen) atoms. The fraction of sp³-hybridized carbons (Fsp3) is 0.188. The second kappa shape index (κ2) is 3.70. The van der Waals surface area contributed by atoms with E-state index >= 15 is 0 Å². The lowest BCUT2D eigenvalue weighted by molar-refractivity contribution is 0.786. The number of aromatic nitrogens is 1. The van der Waals surface area contributed by atoms with Gasteiger partial charge in [0.2, 0.25) is 0 Å². The zero-order chi connectivity index (χ0) is 11.9. The highest BCUT2D eigenvalue weighted by atomic mass is 15.0. The first-order valence-electron chi connectivity index (χ1n) is 6.43. The van der Waals surface area contributed by atoms with Crippen molar-refractivity contribution in [2.75, 3.05) is 0 Å². The highest BCUT2D eigenvalue weighted by molar-refractivity contribution is 5.83. The van der Waals surface area contributed by atoms with Crippen LogP contribution in [0.15, 0.2) is 41.4 Å². The quantitative estimate of drug-likeness (QED) is 0.566. The van der Waals surface area contributed by atoms with E-state index in [1.165, 1.54) is 22.5 Å². The number of aliphatic imine (C=N–C) groups is 1. The zero-order valence-electron chi connectivity index (χ0n) is 10.1. The first-order chi connectivity index (χ1) is 8.92. The Morgan fingerprint density at radius 1 is 1.11 bits per heavy atom. The summed E-state index contributed by atoms with van der Waals surface area (Å²) < 4.78 is 2.38. The molecular weight excluding hydrogens is 220 g/mol. The third-order valence-corrected chi connectivity index (χ3v) is 3.77. The van der Waals surface area contributed by atoms with Crippen molar-refractivity contribution < 1.29 is 0 Å². The first kappa shape index (κ1) is 9.89. The third-order valence-electron chi connectivity index (χ3n) is 3.77. The third kappa shape index (κ3) is 1.39. The second-order valence-electron chi connectivity index (χ2n) is 4.89. The van der Waals surface area contributed by atoms with Crippen LogP contribution < -0.4 is 0 Å². The molecule has 0 fully saturated rings. The molecule has 2 aromatic rings. The van der Waals surface area contributed by atoms with Gasteiger partial charge in [-0.15, -0.1) is 0 Å². The number of hydrogen-bond donors (Lipinski definition) is 0. The molecule has 0 saturated heterocycles. The molecule has 0 N–H and O–H groups in total. The average molecular weight is 234 g/mol. The Kier molecular flexibility index (Phi) is 2.04.